The number of carbonyl (C=O) groups is 3. The number of hydrogen-bond acceptors (Lipinski definition) is 7. The van der Waals surface area contributed by atoms with E-state index in [0.717, 1.165) is 4.90 Å². The first-order chi connectivity index (χ1) is 10.9. The van der Waals surface area contributed by atoms with Gasteiger partial charge in [-0.3, -0.25) is 4.79 Å². The molecule has 0 aromatic heterocycles. The summed E-state index contributed by atoms with van der Waals surface area (Å²) >= 11 is 0. The van der Waals surface area contributed by atoms with Gasteiger partial charge in [0.2, 0.25) is 5.78 Å². The summed E-state index contributed by atoms with van der Waals surface area (Å²) in [5.74, 6) is -1.21. The van der Waals surface area contributed by atoms with Gasteiger partial charge in [-0.15, -0.1) is 0 Å². The summed E-state index contributed by atoms with van der Waals surface area (Å²) in [4.78, 5) is 38.0. The lowest BCUT2D eigenvalue weighted by Gasteiger charge is -2.34. The molecule has 24 heavy (non-hydrogen) atoms. The molecule has 0 N–H and O–H groups in total. The molecule has 8 heteroatoms. The molecular weight excluding hydrogens is 318 g/mol. The lowest BCUT2D eigenvalue weighted by Crippen LogP contribution is -2.55. The molecule has 0 bridgehead atoms. The molecule has 1 spiro atoms. The molecule has 2 saturated heterocycles. The molecule has 1 saturated carbocycles. The molecule has 3 atom stereocenters. The summed E-state index contributed by atoms with van der Waals surface area (Å²) in [5, 5.41) is 0. The number of Topliss-reactive ketones (excluding diaryl/α,β-unsaturated/α-hetero) is 1. The molecule has 0 aromatic carbocycles. The summed E-state index contributed by atoms with van der Waals surface area (Å²) < 4.78 is 21.9. The Kier molecular flexibility index (Phi) is 3.69. The number of ketones is 1. The highest BCUT2D eigenvalue weighted by atomic mass is 16.8. The second-order valence-corrected chi connectivity index (χ2v) is 7.93. The van der Waals surface area contributed by atoms with Crippen molar-refractivity contribution in [1.82, 2.24) is 4.90 Å². The van der Waals surface area contributed by atoms with Crippen LogP contribution in [-0.4, -0.2) is 58.6 Å². The molecule has 0 radical (unpaired) electrons. The standard InChI is InChI=1S/C16H23NO7/c1-14(2,3)23-12(19)17-8-16(24-13(17)20)7-6-9-10(11(16)18)22-15(4,5)21-9/h9-10H,6-8H2,1-5H3/t9-,10-,16+/m1/s1. The van der Waals surface area contributed by atoms with E-state index in [2.05, 4.69) is 0 Å². The van der Waals surface area contributed by atoms with Gasteiger partial charge in [-0.1, -0.05) is 0 Å². The summed E-state index contributed by atoms with van der Waals surface area (Å²) in [6.45, 7) is 8.41. The van der Waals surface area contributed by atoms with E-state index in [1.807, 2.05) is 0 Å². The van der Waals surface area contributed by atoms with E-state index in [1.54, 1.807) is 34.6 Å². The van der Waals surface area contributed by atoms with Crippen molar-refractivity contribution >= 4 is 18.0 Å². The number of fused-ring (bicyclic) bond motifs is 1. The lowest BCUT2D eigenvalue weighted by molar-refractivity contribution is -0.160. The van der Waals surface area contributed by atoms with E-state index in [0.29, 0.717) is 6.42 Å². The number of nitrogens with zero attached hydrogens (tertiary/aromatic N) is 1. The summed E-state index contributed by atoms with van der Waals surface area (Å²) in [6, 6.07) is 0. The van der Waals surface area contributed by atoms with Crippen LogP contribution in [-0.2, 0) is 23.7 Å². The van der Waals surface area contributed by atoms with Crippen LogP contribution in [0.25, 0.3) is 0 Å². The van der Waals surface area contributed by atoms with E-state index >= 15 is 0 Å². The molecule has 2 aliphatic heterocycles. The Morgan fingerprint density at radius 1 is 1.25 bits per heavy atom. The second-order valence-electron chi connectivity index (χ2n) is 7.93. The van der Waals surface area contributed by atoms with Crippen LogP contribution in [0.1, 0.15) is 47.5 Å². The molecule has 134 valence electrons. The zero-order valence-corrected chi connectivity index (χ0v) is 14.6. The lowest BCUT2D eigenvalue weighted by atomic mass is 9.80. The Morgan fingerprint density at radius 3 is 2.54 bits per heavy atom. The van der Waals surface area contributed by atoms with Gasteiger partial charge in [0.25, 0.3) is 0 Å². The van der Waals surface area contributed by atoms with Crippen molar-refractivity contribution in [3.63, 3.8) is 0 Å². The third kappa shape index (κ3) is 2.88. The maximum absolute atomic E-state index is 12.9. The number of hydrogen-bond donors (Lipinski definition) is 0. The van der Waals surface area contributed by atoms with Crippen molar-refractivity contribution in [3.8, 4) is 0 Å². The van der Waals surface area contributed by atoms with Gasteiger partial charge in [-0.05, 0) is 47.5 Å². The second kappa shape index (κ2) is 5.16. The highest BCUT2D eigenvalue weighted by Crippen LogP contribution is 2.42. The molecule has 1 aliphatic carbocycles. The fourth-order valence-corrected chi connectivity index (χ4v) is 3.32. The first-order valence-electron chi connectivity index (χ1n) is 8.06. The average molecular weight is 341 g/mol. The molecule has 3 fully saturated rings. The van der Waals surface area contributed by atoms with Gasteiger partial charge in [-0.25, -0.2) is 14.5 Å². The monoisotopic (exact) mass is 341 g/mol. The van der Waals surface area contributed by atoms with Crippen LogP contribution in [0.4, 0.5) is 9.59 Å². The normalized spacial score (nSPS) is 35.1. The fourth-order valence-electron chi connectivity index (χ4n) is 3.32. The van der Waals surface area contributed by atoms with Gasteiger partial charge in [-0.2, -0.15) is 0 Å². The van der Waals surface area contributed by atoms with Crippen LogP contribution in [0.2, 0.25) is 0 Å². The van der Waals surface area contributed by atoms with Crippen LogP contribution >= 0.6 is 0 Å². The maximum atomic E-state index is 12.9. The van der Waals surface area contributed by atoms with Gasteiger partial charge < -0.3 is 18.9 Å². The highest BCUT2D eigenvalue weighted by Gasteiger charge is 2.62. The van der Waals surface area contributed by atoms with Crippen LogP contribution in [0.3, 0.4) is 0 Å². The van der Waals surface area contributed by atoms with E-state index in [4.69, 9.17) is 18.9 Å². The first kappa shape index (κ1) is 17.2. The Balaban J connectivity index is 1.77. The maximum Gasteiger partial charge on any atom is 0.420 e. The third-order valence-corrected chi connectivity index (χ3v) is 4.25. The summed E-state index contributed by atoms with van der Waals surface area (Å²) in [7, 11) is 0. The molecule has 2 heterocycles. The molecule has 8 nitrogen and oxygen atoms in total. The molecule has 3 aliphatic rings. The predicted octanol–water partition coefficient (Wildman–Crippen LogP) is 2.00. The third-order valence-electron chi connectivity index (χ3n) is 4.25. The minimum atomic E-state index is -1.38. The van der Waals surface area contributed by atoms with Gasteiger partial charge in [0.1, 0.15) is 11.7 Å². The van der Waals surface area contributed by atoms with E-state index < -0.39 is 35.3 Å². The van der Waals surface area contributed by atoms with Gasteiger partial charge >= 0.3 is 12.2 Å². The van der Waals surface area contributed by atoms with Crippen molar-refractivity contribution < 1.29 is 33.3 Å². The van der Waals surface area contributed by atoms with Gasteiger partial charge in [0.15, 0.2) is 11.4 Å². The largest absolute Gasteiger partial charge is 0.443 e. The first-order valence-corrected chi connectivity index (χ1v) is 8.06. The van der Waals surface area contributed by atoms with Gasteiger partial charge in [0, 0.05) is 0 Å². The zero-order valence-electron chi connectivity index (χ0n) is 14.6. The Morgan fingerprint density at radius 2 is 1.92 bits per heavy atom. The summed E-state index contributed by atoms with van der Waals surface area (Å²) in [5.41, 5.74) is -2.12. The number of imide groups is 1. The van der Waals surface area contributed by atoms with Crippen LogP contribution in [0.15, 0.2) is 0 Å². The quantitative estimate of drug-likeness (QED) is 0.665. The Hall–Kier alpha value is -1.67. The van der Waals surface area contributed by atoms with E-state index in [1.165, 1.54) is 0 Å². The zero-order chi connectivity index (χ0) is 17.9. The SMILES string of the molecule is CC(C)(C)OC(=O)N1C[C@]2(CC[C@H]3OC(C)(C)O[C@H]3C2=O)OC1=O. The van der Waals surface area contributed by atoms with Crippen molar-refractivity contribution in [2.24, 2.45) is 0 Å². The summed E-state index contributed by atoms with van der Waals surface area (Å²) in [6.07, 6.45) is -2.03. The Bertz CT molecular complexity index is 594. The van der Waals surface area contributed by atoms with Crippen LogP contribution in [0, 0.1) is 0 Å². The minimum Gasteiger partial charge on any atom is -0.443 e. The smallest absolute Gasteiger partial charge is 0.420 e. The average Bonchev–Trinajstić information content (AvgIpc) is 2.91. The molecular formula is C16H23NO7. The molecule has 2 amide bonds. The number of ether oxygens (including phenoxy) is 4. The van der Waals surface area contributed by atoms with E-state index in [9.17, 15) is 14.4 Å². The minimum absolute atomic E-state index is 0.160. The topological polar surface area (TPSA) is 91.4 Å². The molecule has 0 aromatic rings. The number of carbonyl (C=O) groups excluding carboxylic acids is 3. The molecule has 0 unspecified atom stereocenters. The predicted molar refractivity (Wildman–Crippen MR) is 80.2 cm³/mol. The number of amides is 2. The highest BCUT2D eigenvalue weighted by molar-refractivity contribution is 6.00. The molecule has 3 rings (SSSR count). The van der Waals surface area contributed by atoms with Crippen molar-refractivity contribution in [2.45, 2.75) is 76.7 Å². The van der Waals surface area contributed by atoms with Crippen LogP contribution < -0.4 is 0 Å². The van der Waals surface area contributed by atoms with E-state index in [-0.39, 0.29) is 24.9 Å². The van der Waals surface area contributed by atoms with Crippen molar-refractivity contribution in [3.05, 3.63) is 0 Å². The number of rotatable bonds is 0. The fraction of sp³-hybridized carbons (Fsp3) is 0.812. The van der Waals surface area contributed by atoms with Crippen LogP contribution in [0.5, 0.6) is 0 Å². The van der Waals surface area contributed by atoms with Crippen molar-refractivity contribution in [2.75, 3.05) is 6.54 Å². The van der Waals surface area contributed by atoms with Crippen molar-refractivity contribution in [1.29, 1.82) is 0 Å². The Labute approximate surface area is 140 Å². The van der Waals surface area contributed by atoms with Gasteiger partial charge in [0.05, 0.1) is 12.6 Å².